The third-order valence-electron chi connectivity index (χ3n) is 5.61. The first-order valence-corrected chi connectivity index (χ1v) is 11.4. The quantitative estimate of drug-likeness (QED) is 0.494. The molecular weight excluding hydrogens is 362 g/mol. The molecule has 0 unspecified atom stereocenters. The van der Waals surface area contributed by atoms with Crippen LogP contribution in [-0.4, -0.2) is 0 Å². The third kappa shape index (κ3) is 5.88. The molecule has 0 aliphatic heterocycles. The summed E-state index contributed by atoms with van der Waals surface area (Å²) >= 11 is 0. The molecule has 0 bridgehead atoms. The molecule has 1 nitrogen and oxygen atoms in total. The lowest BCUT2D eigenvalue weighted by molar-refractivity contribution is 0.590. The van der Waals surface area contributed by atoms with Crippen LogP contribution >= 0.6 is 0 Å². The summed E-state index contributed by atoms with van der Waals surface area (Å²) in [6.07, 6.45) is 6.75. The third-order valence-corrected chi connectivity index (χ3v) is 5.61. The number of rotatable bonds is 3. The topological polar surface area (TPSA) is 3.24 Å². The molecular formula is C29H41N. The average molecular weight is 404 g/mol. The highest BCUT2D eigenvalue weighted by Gasteiger charge is 2.20. The van der Waals surface area contributed by atoms with Crippen LogP contribution in [0.2, 0.25) is 0 Å². The summed E-state index contributed by atoms with van der Waals surface area (Å²) in [5.74, 6) is 0. The first-order valence-electron chi connectivity index (χ1n) is 11.4. The van der Waals surface area contributed by atoms with E-state index in [1.165, 1.54) is 33.8 Å². The monoisotopic (exact) mass is 403 g/mol. The largest absolute Gasteiger partial charge is 0.314 e. The van der Waals surface area contributed by atoms with E-state index in [1.54, 1.807) is 0 Å². The Kier molecular flexibility index (Phi) is 7.75. The van der Waals surface area contributed by atoms with E-state index in [0.717, 1.165) is 12.8 Å². The summed E-state index contributed by atoms with van der Waals surface area (Å²) in [5.41, 5.74) is 8.35. The Balaban J connectivity index is 0.00000155. The van der Waals surface area contributed by atoms with Crippen LogP contribution in [0.4, 0.5) is 11.4 Å². The van der Waals surface area contributed by atoms with Crippen LogP contribution < -0.4 is 4.90 Å². The minimum Gasteiger partial charge on any atom is -0.314 e. The van der Waals surface area contributed by atoms with Gasteiger partial charge >= 0.3 is 0 Å². The maximum Gasteiger partial charge on any atom is 0.0458 e. The van der Waals surface area contributed by atoms with Gasteiger partial charge in [0.1, 0.15) is 0 Å². The van der Waals surface area contributed by atoms with Crippen LogP contribution in [0.1, 0.15) is 86.3 Å². The van der Waals surface area contributed by atoms with Crippen molar-refractivity contribution in [2.45, 2.75) is 86.0 Å². The lowest BCUT2D eigenvalue weighted by atomic mass is 9.86. The zero-order valence-corrected chi connectivity index (χ0v) is 20.6. The van der Waals surface area contributed by atoms with Crippen molar-refractivity contribution >= 4 is 11.4 Å². The Morgan fingerprint density at radius 1 is 0.600 bits per heavy atom. The fourth-order valence-electron chi connectivity index (χ4n) is 3.62. The molecule has 0 saturated heterocycles. The Labute approximate surface area is 185 Å². The summed E-state index contributed by atoms with van der Waals surface area (Å²) in [5, 5.41) is 0. The van der Waals surface area contributed by atoms with Crippen molar-refractivity contribution in [3.05, 3.63) is 83.1 Å². The fraction of sp³-hybridized carbons (Fsp3) is 0.448. The first-order chi connectivity index (χ1) is 14.1. The molecule has 3 rings (SSSR count). The molecule has 2 aromatic rings. The molecule has 1 heteroatoms. The highest BCUT2D eigenvalue weighted by atomic mass is 15.1. The van der Waals surface area contributed by atoms with Crippen molar-refractivity contribution in [1.82, 2.24) is 0 Å². The predicted molar refractivity (Wildman–Crippen MR) is 135 cm³/mol. The van der Waals surface area contributed by atoms with Crippen LogP contribution in [-0.2, 0) is 10.8 Å². The van der Waals surface area contributed by atoms with Gasteiger partial charge in [0.15, 0.2) is 0 Å². The molecule has 162 valence electrons. The number of hydrogen-bond donors (Lipinski definition) is 0. The molecule has 0 atom stereocenters. The molecule has 0 N–H and O–H groups in total. The zero-order valence-electron chi connectivity index (χ0n) is 20.6. The van der Waals surface area contributed by atoms with E-state index in [2.05, 4.69) is 114 Å². The number of hydrogen-bond acceptors (Lipinski definition) is 1. The van der Waals surface area contributed by atoms with Gasteiger partial charge in [-0.1, -0.05) is 91.3 Å². The smallest absolute Gasteiger partial charge is 0.0458 e. The van der Waals surface area contributed by atoms with E-state index in [0.29, 0.717) is 0 Å². The molecule has 0 amide bonds. The predicted octanol–water partition coefficient (Wildman–Crippen LogP) is 9.07. The van der Waals surface area contributed by atoms with Gasteiger partial charge in [-0.3, -0.25) is 0 Å². The summed E-state index contributed by atoms with van der Waals surface area (Å²) in [6, 6.07) is 18.2. The van der Waals surface area contributed by atoms with Crippen LogP contribution in [0.3, 0.4) is 0 Å². The van der Waals surface area contributed by atoms with Crippen molar-refractivity contribution in [1.29, 1.82) is 0 Å². The molecule has 2 aromatic carbocycles. The fourth-order valence-corrected chi connectivity index (χ4v) is 3.62. The van der Waals surface area contributed by atoms with Gasteiger partial charge in [-0.15, -0.1) is 0 Å². The number of nitrogens with zero attached hydrogens (tertiary/aromatic N) is 1. The van der Waals surface area contributed by atoms with Gasteiger partial charge in [0, 0.05) is 17.1 Å². The zero-order chi connectivity index (χ0) is 22.5. The Hall–Kier alpha value is -2.28. The second-order valence-electron chi connectivity index (χ2n) is 10.1. The minimum atomic E-state index is 0.168. The van der Waals surface area contributed by atoms with Crippen molar-refractivity contribution in [2.24, 2.45) is 0 Å². The van der Waals surface area contributed by atoms with E-state index < -0.39 is 0 Å². The van der Waals surface area contributed by atoms with E-state index in [1.807, 2.05) is 13.8 Å². The molecule has 1 aliphatic carbocycles. The SMILES string of the molecule is CC.CC1=CC=C(N(c2ccc(C(C)(C)C)cc2)c2ccc(C(C)(C)C)cc2)CC1. The first kappa shape index (κ1) is 24.0. The minimum absolute atomic E-state index is 0.168. The van der Waals surface area contributed by atoms with Crippen LogP contribution in [0.5, 0.6) is 0 Å². The van der Waals surface area contributed by atoms with Crippen molar-refractivity contribution in [2.75, 3.05) is 4.90 Å². The summed E-state index contributed by atoms with van der Waals surface area (Å²) in [6.45, 7) is 19.8. The molecule has 1 aliphatic rings. The normalized spacial score (nSPS) is 14.3. The highest BCUT2D eigenvalue weighted by molar-refractivity contribution is 5.69. The van der Waals surface area contributed by atoms with Gasteiger partial charge in [-0.2, -0.15) is 0 Å². The average Bonchev–Trinajstić information content (AvgIpc) is 2.71. The Bertz CT molecular complexity index is 808. The molecule has 0 spiro atoms. The molecule has 0 saturated carbocycles. The van der Waals surface area contributed by atoms with Gasteiger partial charge in [0.25, 0.3) is 0 Å². The van der Waals surface area contributed by atoms with E-state index in [4.69, 9.17) is 0 Å². The van der Waals surface area contributed by atoms with Crippen molar-refractivity contribution < 1.29 is 0 Å². The van der Waals surface area contributed by atoms with E-state index >= 15 is 0 Å². The van der Waals surface area contributed by atoms with Crippen LogP contribution in [0.25, 0.3) is 0 Å². The van der Waals surface area contributed by atoms with Crippen LogP contribution in [0.15, 0.2) is 72.0 Å². The lowest BCUT2D eigenvalue weighted by Gasteiger charge is -2.31. The molecule has 0 fully saturated rings. The van der Waals surface area contributed by atoms with Crippen molar-refractivity contribution in [3.8, 4) is 0 Å². The maximum atomic E-state index is 2.42. The van der Waals surface area contributed by atoms with Crippen molar-refractivity contribution in [3.63, 3.8) is 0 Å². The molecule has 0 heterocycles. The lowest BCUT2D eigenvalue weighted by Crippen LogP contribution is -2.19. The van der Waals surface area contributed by atoms with Gasteiger partial charge in [0.05, 0.1) is 0 Å². The van der Waals surface area contributed by atoms with E-state index in [-0.39, 0.29) is 10.8 Å². The molecule has 0 radical (unpaired) electrons. The molecule has 30 heavy (non-hydrogen) atoms. The van der Waals surface area contributed by atoms with Gasteiger partial charge in [-0.05, 0) is 72.1 Å². The standard InChI is InChI=1S/C27H35N.C2H6/c1-20-8-14-23(15-9-20)28(24-16-10-21(11-17-24)26(2,3)4)25-18-12-22(13-19-25)27(5,6)7;1-2/h8,10-14,16-19H,9,15H2,1-7H3;1-2H3. The van der Waals surface area contributed by atoms with Gasteiger partial charge in [0.2, 0.25) is 0 Å². The van der Waals surface area contributed by atoms with E-state index in [9.17, 15) is 0 Å². The Morgan fingerprint density at radius 2 is 1.00 bits per heavy atom. The highest BCUT2D eigenvalue weighted by Crippen LogP contribution is 2.36. The number of anilines is 2. The van der Waals surface area contributed by atoms with Gasteiger partial charge < -0.3 is 4.90 Å². The second kappa shape index (κ2) is 9.69. The molecule has 0 aromatic heterocycles. The van der Waals surface area contributed by atoms with Gasteiger partial charge in [-0.25, -0.2) is 0 Å². The number of allylic oxidation sites excluding steroid dienone is 4. The second-order valence-corrected chi connectivity index (χ2v) is 10.1. The maximum absolute atomic E-state index is 2.42. The van der Waals surface area contributed by atoms with Crippen LogP contribution in [0, 0.1) is 0 Å². The summed E-state index contributed by atoms with van der Waals surface area (Å²) < 4.78 is 0. The Morgan fingerprint density at radius 3 is 1.30 bits per heavy atom. The number of benzene rings is 2. The summed E-state index contributed by atoms with van der Waals surface area (Å²) in [7, 11) is 0. The summed E-state index contributed by atoms with van der Waals surface area (Å²) in [4.78, 5) is 2.42.